The van der Waals surface area contributed by atoms with Crippen molar-refractivity contribution in [3.8, 4) is 0 Å². The van der Waals surface area contributed by atoms with Gasteiger partial charge in [-0.2, -0.15) is 0 Å². The Kier molecular flexibility index (Phi) is 4.30. The average Bonchev–Trinajstić information content (AvgIpc) is 2.36. The molecule has 0 spiro atoms. The van der Waals surface area contributed by atoms with Gasteiger partial charge in [0.05, 0.1) is 5.56 Å². The minimum Gasteiger partial charge on any atom is -0.336 e. The van der Waals surface area contributed by atoms with Crippen LogP contribution in [0.5, 0.6) is 0 Å². The molecule has 1 aliphatic rings. The third kappa shape index (κ3) is 2.87. The number of hydrogen-bond acceptors (Lipinski definition) is 3. The zero-order chi connectivity index (χ0) is 13.1. The molecule has 3 nitrogen and oxygen atoms in total. The lowest BCUT2D eigenvalue weighted by Gasteiger charge is -2.36. The van der Waals surface area contributed by atoms with Crippen LogP contribution in [0.1, 0.15) is 24.2 Å². The van der Waals surface area contributed by atoms with E-state index in [1.807, 2.05) is 35.4 Å². The fourth-order valence-electron chi connectivity index (χ4n) is 2.48. The Bertz CT molecular complexity index is 426. The van der Waals surface area contributed by atoms with E-state index in [0.717, 1.165) is 23.5 Å². The van der Waals surface area contributed by atoms with Crippen LogP contribution in [0.25, 0.3) is 0 Å². The molecule has 0 aliphatic carbocycles. The number of piperazine rings is 1. The Hall–Kier alpha value is -1.00. The SMILES string of the molecule is CSc1ccccc1C(=O)N1CC(C)NC(C)C1. The summed E-state index contributed by atoms with van der Waals surface area (Å²) in [6.07, 6.45) is 2.01. The second-order valence-corrected chi connectivity index (χ2v) is 5.73. The Morgan fingerprint density at radius 3 is 2.50 bits per heavy atom. The Balaban J connectivity index is 2.20. The lowest BCUT2D eigenvalue weighted by molar-refractivity contribution is 0.0670. The number of rotatable bonds is 2. The first-order valence-corrected chi connectivity index (χ1v) is 7.52. The molecule has 1 heterocycles. The Labute approximate surface area is 113 Å². The summed E-state index contributed by atoms with van der Waals surface area (Å²) in [6.45, 7) is 5.81. The summed E-state index contributed by atoms with van der Waals surface area (Å²) in [5, 5.41) is 3.44. The van der Waals surface area contributed by atoms with E-state index in [1.54, 1.807) is 11.8 Å². The smallest absolute Gasteiger partial charge is 0.255 e. The number of nitrogens with one attached hydrogen (secondary N) is 1. The summed E-state index contributed by atoms with van der Waals surface area (Å²) < 4.78 is 0. The molecule has 1 aliphatic heterocycles. The zero-order valence-corrected chi connectivity index (χ0v) is 12.0. The van der Waals surface area contributed by atoms with Gasteiger partial charge in [-0.05, 0) is 32.2 Å². The Morgan fingerprint density at radius 2 is 1.89 bits per heavy atom. The third-order valence-electron chi connectivity index (χ3n) is 3.18. The molecule has 1 saturated heterocycles. The van der Waals surface area contributed by atoms with E-state index in [9.17, 15) is 4.79 Å². The van der Waals surface area contributed by atoms with E-state index in [-0.39, 0.29) is 5.91 Å². The predicted octanol–water partition coefficient (Wildman–Crippen LogP) is 2.23. The number of nitrogens with zero attached hydrogens (tertiary/aromatic N) is 1. The highest BCUT2D eigenvalue weighted by atomic mass is 32.2. The monoisotopic (exact) mass is 264 g/mol. The lowest BCUT2D eigenvalue weighted by atomic mass is 10.1. The lowest BCUT2D eigenvalue weighted by Crippen LogP contribution is -2.55. The number of carbonyl (C=O) groups excluding carboxylic acids is 1. The number of benzene rings is 1. The van der Waals surface area contributed by atoms with Crippen LogP contribution in [0.3, 0.4) is 0 Å². The molecule has 0 aromatic heterocycles. The largest absolute Gasteiger partial charge is 0.336 e. The van der Waals surface area contributed by atoms with Gasteiger partial charge in [-0.1, -0.05) is 12.1 Å². The molecule has 1 N–H and O–H groups in total. The molecule has 2 atom stereocenters. The van der Waals surface area contributed by atoms with Gasteiger partial charge >= 0.3 is 0 Å². The maximum absolute atomic E-state index is 12.6. The van der Waals surface area contributed by atoms with Crippen molar-refractivity contribution in [3.05, 3.63) is 29.8 Å². The van der Waals surface area contributed by atoms with Crippen molar-refractivity contribution >= 4 is 17.7 Å². The van der Waals surface area contributed by atoms with Crippen molar-refractivity contribution in [2.24, 2.45) is 0 Å². The molecule has 1 aromatic rings. The molecular formula is C14H20N2OS. The van der Waals surface area contributed by atoms with E-state index in [1.165, 1.54) is 0 Å². The number of carbonyl (C=O) groups is 1. The molecule has 0 saturated carbocycles. The van der Waals surface area contributed by atoms with Gasteiger partial charge in [0.2, 0.25) is 0 Å². The van der Waals surface area contributed by atoms with Gasteiger partial charge in [-0.15, -0.1) is 11.8 Å². The molecule has 4 heteroatoms. The topological polar surface area (TPSA) is 32.3 Å². The van der Waals surface area contributed by atoms with Crippen LogP contribution in [0.4, 0.5) is 0 Å². The molecule has 1 aromatic carbocycles. The van der Waals surface area contributed by atoms with Crippen molar-refractivity contribution < 1.29 is 4.79 Å². The number of hydrogen-bond donors (Lipinski definition) is 1. The van der Waals surface area contributed by atoms with Crippen molar-refractivity contribution in [1.29, 1.82) is 0 Å². The van der Waals surface area contributed by atoms with Gasteiger partial charge in [0.15, 0.2) is 0 Å². The van der Waals surface area contributed by atoms with Gasteiger partial charge in [0.25, 0.3) is 5.91 Å². The summed E-state index contributed by atoms with van der Waals surface area (Å²) in [6, 6.07) is 8.56. The molecule has 2 rings (SSSR count). The standard InChI is InChI=1S/C14H20N2OS/c1-10-8-16(9-11(2)15-10)14(17)12-6-4-5-7-13(12)18-3/h4-7,10-11,15H,8-9H2,1-3H3. The second-order valence-electron chi connectivity index (χ2n) is 4.88. The molecule has 2 unspecified atom stereocenters. The van der Waals surface area contributed by atoms with Crippen LogP contribution in [0, 0.1) is 0 Å². The summed E-state index contributed by atoms with van der Waals surface area (Å²) in [5.41, 5.74) is 0.825. The number of thioether (sulfide) groups is 1. The quantitative estimate of drug-likeness (QED) is 0.831. The van der Waals surface area contributed by atoms with Crippen LogP contribution in [0.2, 0.25) is 0 Å². The minimum atomic E-state index is 0.153. The summed E-state index contributed by atoms with van der Waals surface area (Å²) in [4.78, 5) is 15.6. The summed E-state index contributed by atoms with van der Waals surface area (Å²) in [7, 11) is 0. The van der Waals surface area contributed by atoms with E-state index in [4.69, 9.17) is 0 Å². The highest BCUT2D eigenvalue weighted by Crippen LogP contribution is 2.22. The maximum Gasteiger partial charge on any atom is 0.255 e. The zero-order valence-electron chi connectivity index (χ0n) is 11.1. The molecule has 0 bridgehead atoms. The highest BCUT2D eigenvalue weighted by molar-refractivity contribution is 7.98. The molecule has 98 valence electrons. The van der Waals surface area contributed by atoms with Gasteiger partial charge in [-0.25, -0.2) is 0 Å². The van der Waals surface area contributed by atoms with E-state index in [2.05, 4.69) is 19.2 Å². The molecule has 18 heavy (non-hydrogen) atoms. The first kappa shape index (κ1) is 13.4. The van der Waals surface area contributed by atoms with Crippen molar-refractivity contribution in [2.45, 2.75) is 30.8 Å². The van der Waals surface area contributed by atoms with Crippen LogP contribution in [-0.2, 0) is 0 Å². The predicted molar refractivity (Wildman–Crippen MR) is 76.2 cm³/mol. The first-order chi connectivity index (χ1) is 8.61. The summed E-state index contributed by atoms with van der Waals surface area (Å²) in [5.74, 6) is 0.153. The van der Waals surface area contributed by atoms with Gasteiger partial charge in [0.1, 0.15) is 0 Å². The normalized spacial score (nSPS) is 24.1. The van der Waals surface area contributed by atoms with Crippen molar-refractivity contribution in [1.82, 2.24) is 10.2 Å². The molecule has 0 radical (unpaired) electrons. The average molecular weight is 264 g/mol. The van der Waals surface area contributed by atoms with E-state index in [0.29, 0.717) is 12.1 Å². The second kappa shape index (κ2) is 5.76. The van der Waals surface area contributed by atoms with Crippen LogP contribution in [-0.4, -0.2) is 42.2 Å². The molecular weight excluding hydrogens is 244 g/mol. The number of amides is 1. The van der Waals surface area contributed by atoms with Gasteiger partial charge < -0.3 is 10.2 Å². The fraction of sp³-hybridized carbons (Fsp3) is 0.500. The van der Waals surface area contributed by atoms with Crippen LogP contribution >= 0.6 is 11.8 Å². The minimum absolute atomic E-state index is 0.153. The van der Waals surface area contributed by atoms with Gasteiger partial charge in [-0.3, -0.25) is 4.79 Å². The maximum atomic E-state index is 12.6. The third-order valence-corrected chi connectivity index (χ3v) is 3.98. The van der Waals surface area contributed by atoms with Crippen molar-refractivity contribution in [2.75, 3.05) is 19.3 Å². The van der Waals surface area contributed by atoms with Crippen molar-refractivity contribution in [3.63, 3.8) is 0 Å². The van der Waals surface area contributed by atoms with Gasteiger partial charge in [0, 0.05) is 30.1 Å². The fourth-order valence-corrected chi connectivity index (χ4v) is 3.07. The van der Waals surface area contributed by atoms with E-state index < -0.39 is 0 Å². The summed E-state index contributed by atoms with van der Waals surface area (Å²) >= 11 is 1.63. The first-order valence-electron chi connectivity index (χ1n) is 6.30. The highest BCUT2D eigenvalue weighted by Gasteiger charge is 2.26. The van der Waals surface area contributed by atoms with Crippen LogP contribution < -0.4 is 5.32 Å². The Morgan fingerprint density at radius 1 is 1.28 bits per heavy atom. The molecule has 1 amide bonds. The van der Waals surface area contributed by atoms with Crippen LogP contribution in [0.15, 0.2) is 29.2 Å². The van der Waals surface area contributed by atoms with E-state index >= 15 is 0 Å². The molecule has 1 fully saturated rings.